The molecule has 15 heavy (non-hydrogen) atoms. The molecule has 0 aliphatic carbocycles. The summed E-state index contributed by atoms with van der Waals surface area (Å²) in [5.41, 5.74) is 0.533. The first kappa shape index (κ1) is 12.1. The van der Waals surface area contributed by atoms with E-state index in [1.807, 2.05) is 0 Å². The number of rotatable bonds is 0. The van der Waals surface area contributed by atoms with Crippen molar-refractivity contribution < 1.29 is 13.2 Å². The molecule has 0 nitrogen and oxygen atoms in total. The average molecular weight is 277 g/mol. The minimum absolute atomic E-state index is 0.507. The van der Waals surface area contributed by atoms with Crippen molar-refractivity contribution in [1.82, 2.24) is 0 Å². The third-order valence-corrected chi connectivity index (χ3v) is 2.12. The van der Waals surface area contributed by atoms with E-state index in [1.54, 1.807) is 6.92 Å². The number of benzene rings is 1. The lowest BCUT2D eigenvalue weighted by atomic mass is 10.1. The van der Waals surface area contributed by atoms with Crippen LogP contribution in [0.15, 0.2) is 18.2 Å². The first-order valence-corrected chi connectivity index (χ1v) is 5.30. The minimum atomic E-state index is -4.29. The summed E-state index contributed by atoms with van der Waals surface area (Å²) in [7, 11) is 0. The molecular weight excluding hydrogens is 269 g/mol. The van der Waals surface area contributed by atoms with Gasteiger partial charge in [0.1, 0.15) is 0 Å². The number of alkyl halides is 4. The fourth-order valence-electron chi connectivity index (χ4n) is 1.11. The second-order valence-corrected chi connectivity index (χ2v) is 3.52. The lowest BCUT2D eigenvalue weighted by molar-refractivity contribution is -0.137. The van der Waals surface area contributed by atoms with Crippen molar-refractivity contribution in [3.05, 3.63) is 34.9 Å². The molecule has 0 fully saturated rings. The molecule has 0 saturated carbocycles. The van der Waals surface area contributed by atoms with Gasteiger partial charge in [-0.2, -0.15) is 13.2 Å². The maximum absolute atomic E-state index is 12.3. The number of hydrogen-bond acceptors (Lipinski definition) is 0. The zero-order valence-electron chi connectivity index (χ0n) is 7.95. The van der Waals surface area contributed by atoms with Crippen LogP contribution in [0.4, 0.5) is 13.2 Å². The van der Waals surface area contributed by atoms with Crippen molar-refractivity contribution in [2.75, 3.05) is 5.33 Å². The molecule has 0 unspecified atom stereocenters. The first-order chi connectivity index (χ1) is 6.95. The van der Waals surface area contributed by atoms with Crippen LogP contribution in [0, 0.1) is 18.8 Å². The fraction of sp³-hybridized carbons (Fsp3) is 0.273. The van der Waals surface area contributed by atoms with E-state index >= 15 is 0 Å². The van der Waals surface area contributed by atoms with E-state index in [4.69, 9.17) is 0 Å². The third-order valence-electron chi connectivity index (χ3n) is 1.84. The van der Waals surface area contributed by atoms with Gasteiger partial charge in [-0.15, -0.1) is 0 Å². The fourth-order valence-corrected chi connectivity index (χ4v) is 1.25. The summed E-state index contributed by atoms with van der Waals surface area (Å²) in [6, 6.07) is 3.55. The van der Waals surface area contributed by atoms with E-state index in [-0.39, 0.29) is 0 Å². The smallest absolute Gasteiger partial charge is 0.166 e. The Balaban J connectivity index is 3.09. The SMILES string of the molecule is Cc1cc(C(F)(F)F)ccc1C#CCBr. The van der Waals surface area contributed by atoms with Crippen molar-refractivity contribution in [2.24, 2.45) is 0 Å². The van der Waals surface area contributed by atoms with Crippen LogP contribution in [0.1, 0.15) is 16.7 Å². The second kappa shape index (κ2) is 4.71. The Morgan fingerprint density at radius 2 is 2.00 bits per heavy atom. The molecule has 0 bridgehead atoms. The van der Waals surface area contributed by atoms with Crippen molar-refractivity contribution in [3.8, 4) is 11.8 Å². The van der Waals surface area contributed by atoms with Crippen LogP contribution in [0.5, 0.6) is 0 Å². The maximum Gasteiger partial charge on any atom is 0.416 e. The van der Waals surface area contributed by atoms with E-state index in [2.05, 4.69) is 27.8 Å². The van der Waals surface area contributed by atoms with Gasteiger partial charge in [-0.05, 0) is 30.7 Å². The molecule has 0 heterocycles. The highest BCUT2D eigenvalue weighted by Gasteiger charge is 2.30. The van der Waals surface area contributed by atoms with Crippen LogP contribution in [0.3, 0.4) is 0 Å². The summed E-state index contributed by atoms with van der Waals surface area (Å²) in [5, 5.41) is 0.507. The topological polar surface area (TPSA) is 0 Å². The van der Waals surface area contributed by atoms with E-state index in [1.165, 1.54) is 6.07 Å². The summed E-state index contributed by atoms with van der Waals surface area (Å²) < 4.78 is 36.9. The number of hydrogen-bond donors (Lipinski definition) is 0. The zero-order chi connectivity index (χ0) is 11.5. The Hall–Kier alpha value is -0.950. The first-order valence-electron chi connectivity index (χ1n) is 4.18. The van der Waals surface area contributed by atoms with Crippen molar-refractivity contribution >= 4 is 15.9 Å². The summed E-state index contributed by atoms with van der Waals surface area (Å²) in [4.78, 5) is 0. The normalized spacial score (nSPS) is 10.7. The highest BCUT2D eigenvalue weighted by molar-refractivity contribution is 9.09. The predicted molar refractivity (Wildman–Crippen MR) is 56.9 cm³/mol. The van der Waals surface area contributed by atoms with E-state index < -0.39 is 11.7 Å². The molecule has 1 aromatic carbocycles. The standard InChI is InChI=1S/C11H8BrF3/c1-8-7-10(11(13,14)15)5-4-9(8)3-2-6-12/h4-5,7H,6H2,1H3. The molecule has 0 spiro atoms. The van der Waals surface area contributed by atoms with E-state index in [0.29, 0.717) is 16.5 Å². The van der Waals surface area contributed by atoms with Crippen LogP contribution in [0.2, 0.25) is 0 Å². The molecule has 0 aliphatic rings. The van der Waals surface area contributed by atoms with Gasteiger partial charge in [-0.1, -0.05) is 27.8 Å². The summed E-state index contributed by atoms with van der Waals surface area (Å²) in [6.45, 7) is 1.62. The summed E-state index contributed by atoms with van der Waals surface area (Å²) >= 11 is 3.12. The lowest BCUT2D eigenvalue weighted by Crippen LogP contribution is -2.05. The van der Waals surface area contributed by atoms with Crippen LogP contribution >= 0.6 is 15.9 Å². The molecule has 0 aliphatic heterocycles. The van der Waals surface area contributed by atoms with Crippen LogP contribution in [0.25, 0.3) is 0 Å². The molecule has 0 aromatic heterocycles. The van der Waals surface area contributed by atoms with Crippen molar-refractivity contribution in [1.29, 1.82) is 0 Å². The van der Waals surface area contributed by atoms with Crippen molar-refractivity contribution in [3.63, 3.8) is 0 Å². The quantitative estimate of drug-likeness (QED) is 0.500. The Morgan fingerprint density at radius 1 is 1.33 bits per heavy atom. The predicted octanol–water partition coefficient (Wildman–Crippen LogP) is 3.76. The van der Waals surface area contributed by atoms with Gasteiger partial charge < -0.3 is 0 Å². The van der Waals surface area contributed by atoms with Gasteiger partial charge in [0.25, 0.3) is 0 Å². The molecule has 80 valence electrons. The molecule has 1 aromatic rings. The second-order valence-electron chi connectivity index (χ2n) is 2.96. The Kier molecular flexibility index (Phi) is 3.81. The largest absolute Gasteiger partial charge is 0.416 e. The molecule has 1 rings (SSSR count). The Labute approximate surface area is 94.6 Å². The van der Waals surface area contributed by atoms with Gasteiger partial charge in [0.05, 0.1) is 10.9 Å². The minimum Gasteiger partial charge on any atom is -0.166 e. The molecule has 0 N–H and O–H groups in total. The number of aryl methyl sites for hydroxylation is 1. The summed E-state index contributed by atoms with van der Waals surface area (Å²) in [6.07, 6.45) is -4.29. The molecule has 0 atom stereocenters. The average Bonchev–Trinajstić information content (AvgIpc) is 2.14. The van der Waals surface area contributed by atoms with Gasteiger partial charge in [-0.25, -0.2) is 0 Å². The van der Waals surface area contributed by atoms with E-state index in [0.717, 1.165) is 12.1 Å². The molecule has 0 radical (unpaired) electrons. The summed E-state index contributed by atoms with van der Waals surface area (Å²) in [5.74, 6) is 5.53. The van der Waals surface area contributed by atoms with Gasteiger partial charge in [0.2, 0.25) is 0 Å². The van der Waals surface area contributed by atoms with Gasteiger partial charge in [0, 0.05) is 5.56 Å². The molecule has 4 heteroatoms. The molecule has 0 amide bonds. The highest BCUT2D eigenvalue weighted by Crippen LogP contribution is 2.30. The van der Waals surface area contributed by atoms with E-state index in [9.17, 15) is 13.2 Å². The van der Waals surface area contributed by atoms with Gasteiger partial charge in [0.15, 0.2) is 0 Å². The maximum atomic E-state index is 12.3. The molecular formula is C11H8BrF3. The lowest BCUT2D eigenvalue weighted by Gasteiger charge is -2.07. The number of halogens is 4. The molecule has 0 saturated heterocycles. The highest BCUT2D eigenvalue weighted by atomic mass is 79.9. The third kappa shape index (κ3) is 3.28. The zero-order valence-corrected chi connectivity index (χ0v) is 9.54. The van der Waals surface area contributed by atoms with Crippen LogP contribution < -0.4 is 0 Å². The van der Waals surface area contributed by atoms with Crippen LogP contribution in [-0.4, -0.2) is 5.33 Å². The monoisotopic (exact) mass is 276 g/mol. The van der Waals surface area contributed by atoms with Crippen molar-refractivity contribution in [2.45, 2.75) is 13.1 Å². The Bertz CT molecular complexity index is 410. The Morgan fingerprint density at radius 3 is 2.47 bits per heavy atom. The van der Waals surface area contributed by atoms with Gasteiger partial charge >= 0.3 is 6.18 Å². The van der Waals surface area contributed by atoms with Crippen LogP contribution in [-0.2, 0) is 6.18 Å². The van der Waals surface area contributed by atoms with Gasteiger partial charge in [-0.3, -0.25) is 0 Å².